The van der Waals surface area contributed by atoms with Crippen molar-refractivity contribution in [1.82, 2.24) is 0 Å². The number of anilines is 3. The average Bonchev–Trinajstić information content (AvgIpc) is 3.68. The molecule has 0 saturated heterocycles. The van der Waals surface area contributed by atoms with Crippen LogP contribution in [-0.4, -0.2) is 0 Å². The third kappa shape index (κ3) is 4.50. The largest absolute Gasteiger partial charge is 0.455 e. The van der Waals surface area contributed by atoms with Crippen molar-refractivity contribution >= 4 is 49.8 Å². The van der Waals surface area contributed by atoms with E-state index in [0.29, 0.717) is 0 Å². The number of fused-ring (bicyclic) bond motifs is 8. The van der Waals surface area contributed by atoms with Gasteiger partial charge in [-0.05, 0) is 87.0 Å². The first-order chi connectivity index (χ1) is 25.1. The normalized spacial score (nSPS) is 13.1. The summed E-state index contributed by atoms with van der Waals surface area (Å²) in [5, 5.41) is 4.49. The van der Waals surface area contributed by atoms with E-state index in [9.17, 15) is 0 Å². The molecule has 0 spiro atoms. The minimum Gasteiger partial charge on any atom is -0.455 e. The molecule has 1 aliphatic rings. The molecule has 9 aromatic rings. The summed E-state index contributed by atoms with van der Waals surface area (Å²) < 4.78 is 6.80. The van der Waals surface area contributed by atoms with Gasteiger partial charge in [-0.3, -0.25) is 0 Å². The summed E-state index contributed by atoms with van der Waals surface area (Å²) in [6.07, 6.45) is 0. The van der Waals surface area contributed by atoms with E-state index < -0.39 is 0 Å². The summed E-state index contributed by atoms with van der Waals surface area (Å²) in [6.45, 7) is 4.73. The first-order valence-corrected chi connectivity index (χ1v) is 17.7. The fraction of sp³-hybridized carbons (Fsp3) is 0.0612. The Balaban J connectivity index is 1.21. The molecule has 0 amide bonds. The van der Waals surface area contributed by atoms with Crippen molar-refractivity contribution in [1.29, 1.82) is 0 Å². The number of furan rings is 1. The molecule has 0 fully saturated rings. The van der Waals surface area contributed by atoms with Crippen LogP contribution in [0, 0.1) is 0 Å². The molecule has 2 nitrogen and oxygen atoms in total. The first kappa shape index (κ1) is 29.5. The van der Waals surface area contributed by atoms with Gasteiger partial charge in [0.1, 0.15) is 11.2 Å². The standard InChI is InChI=1S/C49H35NO/c1-49(2)42-26-14-24-36(32-16-6-3-7-17-32)46(42)40-29-28-33(30-43(40)49)37-25-15-27-45-47(37)41-31-44(38-22-12-13-23-39(38)48(41)51-45)50(34-18-8-4-9-19-34)35-20-10-5-11-21-35/h3-31H,1-2H3. The summed E-state index contributed by atoms with van der Waals surface area (Å²) in [5.41, 5.74) is 15.3. The lowest BCUT2D eigenvalue weighted by atomic mass is 9.81. The second-order valence-corrected chi connectivity index (χ2v) is 14.1. The number of hydrogen-bond acceptors (Lipinski definition) is 2. The molecule has 2 heteroatoms. The Morgan fingerprint density at radius 1 is 0.451 bits per heavy atom. The molecule has 0 radical (unpaired) electrons. The van der Waals surface area contributed by atoms with Crippen LogP contribution in [0.15, 0.2) is 180 Å². The lowest BCUT2D eigenvalue weighted by Gasteiger charge is -2.27. The monoisotopic (exact) mass is 653 g/mol. The first-order valence-electron chi connectivity index (χ1n) is 17.7. The van der Waals surface area contributed by atoms with Crippen molar-refractivity contribution in [3.05, 3.63) is 187 Å². The number of rotatable bonds is 5. The molecule has 8 aromatic carbocycles. The molecule has 0 atom stereocenters. The summed E-state index contributed by atoms with van der Waals surface area (Å²) in [5.74, 6) is 0. The Morgan fingerprint density at radius 2 is 1.08 bits per heavy atom. The maximum Gasteiger partial charge on any atom is 0.143 e. The van der Waals surface area contributed by atoms with Crippen molar-refractivity contribution in [2.45, 2.75) is 19.3 Å². The van der Waals surface area contributed by atoms with Crippen LogP contribution in [-0.2, 0) is 5.41 Å². The predicted octanol–water partition coefficient (Wildman–Crippen LogP) is 13.8. The summed E-state index contributed by atoms with van der Waals surface area (Å²) in [6, 6.07) is 63.4. The van der Waals surface area contributed by atoms with Gasteiger partial charge in [0.05, 0.1) is 5.69 Å². The SMILES string of the molecule is CC1(C)c2cc(-c3cccc4oc5c6ccccc6c(N(c6ccccc6)c6ccccc6)cc5c34)ccc2-c2c(-c3ccccc3)cccc21. The Kier molecular flexibility index (Phi) is 6.56. The van der Waals surface area contributed by atoms with Crippen molar-refractivity contribution in [3.63, 3.8) is 0 Å². The van der Waals surface area contributed by atoms with Crippen LogP contribution in [0.25, 0.3) is 66.1 Å². The molecular weight excluding hydrogens is 619 g/mol. The van der Waals surface area contributed by atoms with E-state index in [0.717, 1.165) is 49.8 Å². The topological polar surface area (TPSA) is 16.4 Å². The highest BCUT2D eigenvalue weighted by molar-refractivity contribution is 6.22. The lowest BCUT2D eigenvalue weighted by Crippen LogP contribution is -2.15. The molecular formula is C49H35NO. The highest BCUT2D eigenvalue weighted by atomic mass is 16.3. The van der Waals surface area contributed by atoms with Gasteiger partial charge in [0.25, 0.3) is 0 Å². The molecule has 0 aliphatic heterocycles. The minimum absolute atomic E-state index is 0.146. The Bertz CT molecular complexity index is 2720. The molecule has 10 rings (SSSR count). The van der Waals surface area contributed by atoms with Gasteiger partial charge in [-0.25, -0.2) is 0 Å². The molecule has 0 unspecified atom stereocenters. The van der Waals surface area contributed by atoms with Gasteiger partial charge in [-0.1, -0.05) is 147 Å². The second-order valence-electron chi connectivity index (χ2n) is 14.1. The van der Waals surface area contributed by atoms with E-state index in [2.05, 4.69) is 195 Å². The summed E-state index contributed by atoms with van der Waals surface area (Å²) >= 11 is 0. The second kappa shape index (κ2) is 11.3. The van der Waals surface area contributed by atoms with Crippen LogP contribution in [0.3, 0.4) is 0 Å². The quantitative estimate of drug-likeness (QED) is 0.184. The molecule has 51 heavy (non-hydrogen) atoms. The molecule has 1 aliphatic carbocycles. The summed E-state index contributed by atoms with van der Waals surface area (Å²) in [4.78, 5) is 2.36. The average molecular weight is 654 g/mol. The van der Waals surface area contributed by atoms with Crippen LogP contribution < -0.4 is 4.90 Å². The number of para-hydroxylation sites is 2. The Hall–Kier alpha value is -6.38. The molecule has 0 N–H and O–H groups in total. The van der Waals surface area contributed by atoms with Gasteiger partial charge in [0.2, 0.25) is 0 Å². The van der Waals surface area contributed by atoms with E-state index in [4.69, 9.17) is 4.42 Å². The van der Waals surface area contributed by atoms with Crippen molar-refractivity contribution in [2.75, 3.05) is 4.90 Å². The van der Waals surface area contributed by atoms with Gasteiger partial charge in [-0.2, -0.15) is 0 Å². The van der Waals surface area contributed by atoms with Crippen LogP contribution in [0.4, 0.5) is 17.1 Å². The zero-order chi connectivity index (χ0) is 34.1. The third-order valence-electron chi connectivity index (χ3n) is 10.8. The van der Waals surface area contributed by atoms with E-state index >= 15 is 0 Å². The zero-order valence-electron chi connectivity index (χ0n) is 28.6. The predicted molar refractivity (Wildman–Crippen MR) is 214 cm³/mol. The van der Waals surface area contributed by atoms with Gasteiger partial charge in [-0.15, -0.1) is 0 Å². The highest BCUT2D eigenvalue weighted by Gasteiger charge is 2.37. The molecule has 0 bridgehead atoms. The maximum atomic E-state index is 6.80. The van der Waals surface area contributed by atoms with E-state index in [-0.39, 0.29) is 5.41 Å². The zero-order valence-corrected chi connectivity index (χ0v) is 28.6. The number of hydrogen-bond donors (Lipinski definition) is 0. The summed E-state index contributed by atoms with van der Waals surface area (Å²) in [7, 11) is 0. The lowest BCUT2D eigenvalue weighted by molar-refractivity contribution is 0.661. The maximum absolute atomic E-state index is 6.80. The van der Waals surface area contributed by atoms with E-state index in [1.165, 1.54) is 44.5 Å². The van der Waals surface area contributed by atoms with Gasteiger partial charge >= 0.3 is 0 Å². The van der Waals surface area contributed by atoms with Crippen molar-refractivity contribution in [2.24, 2.45) is 0 Å². The number of nitrogens with zero attached hydrogens (tertiary/aromatic N) is 1. The van der Waals surface area contributed by atoms with Crippen molar-refractivity contribution in [3.8, 4) is 33.4 Å². The molecule has 1 aromatic heterocycles. The third-order valence-corrected chi connectivity index (χ3v) is 10.8. The number of benzene rings is 8. The minimum atomic E-state index is -0.146. The van der Waals surface area contributed by atoms with Crippen LogP contribution in [0.5, 0.6) is 0 Å². The van der Waals surface area contributed by atoms with Gasteiger partial charge < -0.3 is 9.32 Å². The van der Waals surface area contributed by atoms with Crippen molar-refractivity contribution < 1.29 is 4.42 Å². The van der Waals surface area contributed by atoms with Crippen LogP contribution >= 0.6 is 0 Å². The Morgan fingerprint density at radius 3 is 1.80 bits per heavy atom. The molecule has 1 heterocycles. The smallest absolute Gasteiger partial charge is 0.143 e. The molecule has 242 valence electrons. The van der Waals surface area contributed by atoms with Crippen LogP contribution in [0.2, 0.25) is 0 Å². The van der Waals surface area contributed by atoms with Crippen LogP contribution in [0.1, 0.15) is 25.0 Å². The fourth-order valence-electron chi connectivity index (χ4n) is 8.45. The van der Waals surface area contributed by atoms with Gasteiger partial charge in [0, 0.05) is 38.3 Å². The van der Waals surface area contributed by atoms with E-state index in [1.54, 1.807) is 0 Å². The van der Waals surface area contributed by atoms with Gasteiger partial charge in [0.15, 0.2) is 0 Å². The Labute approximate surface area is 297 Å². The highest BCUT2D eigenvalue weighted by Crippen LogP contribution is 2.53. The van der Waals surface area contributed by atoms with E-state index in [1.807, 2.05) is 0 Å². The molecule has 0 saturated carbocycles. The fourth-order valence-corrected chi connectivity index (χ4v) is 8.45.